The highest BCUT2D eigenvalue weighted by Crippen LogP contribution is 2.29. The maximum Gasteiger partial charge on any atom is 0.306 e. The molecular weight excluding hydrogens is 463 g/mol. The predicted octanol–water partition coefficient (Wildman–Crippen LogP) is 4.14. The van der Waals surface area contributed by atoms with E-state index in [1.165, 1.54) is 16.4 Å². The number of nitrogens with one attached hydrogen (secondary N) is 1. The standard InChI is InChI=1S/C21H24Cl2N2O5S/c1-3-25(4-2)31(28,29)16-11-8-15(9-12-16)10-13-20(27)30-14-19(26)24-21-17(22)6-5-7-18(21)23/h5-9,11-12H,3-4,10,13-14H2,1-2H3,(H,24,26). The molecule has 0 saturated carbocycles. The van der Waals surface area contributed by atoms with E-state index in [-0.39, 0.29) is 27.0 Å². The third kappa shape index (κ3) is 6.93. The number of rotatable bonds is 10. The molecule has 0 radical (unpaired) electrons. The number of ether oxygens (including phenoxy) is 1. The Labute approximate surface area is 192 Å². The van der Waals surface area contributed by atoms with Gasteiger partial charge >= 0.3 is 5.97 Å². The van der Waals surface area contributed by atoms with Gasteiger partial charge in [-0.05, 0) is 36.2 Å². The number of esters is 1. The summed E-state index contributed by atoms with van der Waals surface area (Å²) < 4.78 is 31.3. The Morgan fingerprint density at radius 2 is 1.58 bits per heavy atom. The van der Waals surface area contributed by atoms with Crippen LogP contribution in [0.4, 0.5) is 5.69 Å². The Morgan fingerprint density at radius 1 is 1.00 bits per heavy atom. The molecule has 0 saturated heterocycles. The molecule has 0 aliphatic heterocycles. The van der Waals surface area contributed by atoms with Crippen LogP contribution in [0.3, 0.4) is 0 Å². The minimum atomic E-state index is -3.52. The summed E-state index contributed by atoms with van der Waals surface area (Å²) in [5.74, 6) is -1.12. The topological polar surface area (TPSA) is 92.8 Å². The number of anilines is 1. The highest BCUT2D eigenvalue weighted by Gasteiger charge is 2.21. The van der Waals surface area contributed by atoms with Crippen molar-refractivity contribution in [1.29, 1.82) is 0 Å². The number of benzene rings is 2. The third-order valence-electron chi connectivity index (χ3n) is 4.48. The van der Waals surface area contributed by atoms with E-state index in [0.29, 0.717) is 19.5 Å². The van der Waals surface area contributed by atoms with Gasteiger partial charge < -0.3 is 10.1 Å². The SMILES string of the molecule is CCN(CC)S(=O)(=O)c1ccc(CCC(=O)OCC(=O)Nc2c(Cl)cccc2Cl)cc1. The van der Waals surface area contributed by atoms with Crippen molar-refractivity contribution in [2.75, 3.05) is 25.0 Å². The van der Waals surface area contributed by atoms with Crippen molar-refractivity contribution in [1.82, 2.24) is 4.31 Å². The average Bonchev–Trinajstić information content (AvgIpc) is 2.74. The van der Waals surface area contributed by atoms with Crippen molar-refractivity contribution in [3.63, 3.8) is 0 Å². The van der Waals surface area contributed by atoms with Gasteiger partial charge in [0.1, 0.15) is 0 Å². The molecular formula is C21H24Cl2N2O5S. The number of hydrogen-bond acceptors (Lipinski definition) is 5. The fraction of sp³-hybridized carbons (Fsp3) is 0.333. The van der Waals surface area contributed by atoms with E-state index in [4.69, 9.17) is 27.9 Å². The summed E-state index contributed by atoms with van der Waals surface area (Å²) in [4.78, 5) is 24.1. The smallest absolute Gasteiger partial charge is 0.306 e. The molecule has 168 valence electrons. The third-order valence-corrected chi connectivity index (χ3v) is 7.17. The number of aryl methyl sites for hydroxylation is 1. The molecule has 0 heterocycles. The van der Waals surface area contributed by atoms with E-state index >= 15 is 0 Å². The molecule has 0 spiro atoms. The lowest BCUT2D eigenvalue weighted by atomic mass is 10.1. The summed E-state index contributed by atoms with van der Waals surface area (Å²) in [6, 6.07) is 11.2. The number of carbonyl (C=O) groups excluding carboxylic acids is 2. The fourth-order valence-electron chi connectivity index (χ4n) is 2.80. The number of para-hydroxylation sites is 1. The van der Waals surface area contributed by atoms with E-state index in [2.05, 4.69) is 5.32 Å². The Kier molecular flexibility index (Phi) is 9.31. The van der Waals surface area contributed by atoms with Gasteiger partial charge in [0, 0.05) is 19.5 Å². The first-order chi connectivity index (χ1) is 14.7. The normalized spacial score (nSPS) is 11.4. The molecule has 0 aliphatic rings. The maximum atomic E-state index is 12.5. The number of nitrogens with zero attached hydrogens (tertiary/aromatic N) is 1. The Hall–Kier alpha value is -2.13. The quantitative estimate of drug-likeness (QED) is 0.509. The highest BCUT2D eigenvalue weighted by atomic mass is 35.5. The molecule has 0 aromatic heterocycles. The van der Waals surface area contributed by atoms with Crippen LogP contribution in [0.5, 0.6) is 0 Å². The zero-order chi connectivity index (χ0) is 23.0. The highest BCUT2D eigenvalue weighted by molar-refractivity contribution is 7.89. The average molecular weight is 487 g/mol. The molecule has 0 fully saturated rings. The van der Waals surface area contributed by atoms with Crippen molar-refractivity contribution in [3.8, 4) is 0 Å². The number of halogens is 2. The van der Waals surface area contributed by atoms with Gasteiger partial charge in [-0.1, -0.05) is 55.2 Å². The largest absolute Gasteiger partial charge is 0.456 e. The number of sulfonamides is 1. The summed E-state index contributed by atoms with van der Waals surface area (Å²) in [5.41, 5.74) is 1.04. The van der Waals surface area contributed by atoms with E-state index in [9.17, 15) is 18.0 Å². The molecule has 0 unspecified atom stereocenters. The number of carbonyl (C=O) groups is 2. The van der Waals surface area contributed by atoms with Crippen LogP contribution in [0, 0.1) is 0 Å². The molecule has 0 atom stereocenters. The van der Waals surface area contributed by atoms with Crippen LogP contribution >= 0.6 is 23.2 Å². The van der Waals surface area contributed by atoms with Gasteiger partial charge in [-0.2, -0.15) is 4.31 Å². The van der Waals surface area contributed by atoms with Gasteiger partial charge in [0.2, 0.25) is 10.0 Å². The van der Waals surface area contributed by atoms with Crippen LogP contribution in [-0.4, -0.2) is 44.3 Å². The molecule has 31 heavy (non-hydrogen) atoms. The first-order valence-electron chi connectivity index (χ1n) is 9.67. The van der Waals surface area contributed by atoms with Gasteiger partial charge in [-0.3, -0.25) is 9.59 Å². The molecule has 2 aromatic carbocycles. The van der Waals surface area contributed by atoms with Crippen LogP contribution in [0.2, 0.25) is 10.0 Å². The lowest BCUT2D eigenvalue weighted by molar-refractivity contribution is -0.147. The summed E-state index contributed by atoms with van der Waals surface area (Å²) in [5, 5.41) is 3.06. The zero-order valence-electron chi connectivity index (χ0n) is 17.2. The second-order valence-electron chi connectivity index (χ2n) is 6.54. The lowest BCUT2D eigenvalue weighted by Gasteiger charge is -2.18. The van der Waals surface area contributed by atoms with E-state index in [0.717, 1.165) is 5.56 Å². The number of amides is 1. The van der Waals surface area contributed by atoms with E-state index in [1.807, 2.05) is 0 Å². The van der Waals surface area contributed by atoms with E-state index in [1.54, 1.807) is 44.2 Å². The van der Waals surface area contributed by atoms with E-state index < -0.39 is 28.5 Å². The second kappa shape index (κ2) is 11.5. The number of hydrogen-bond donors (Lipinski definition) is 1. The van der Waals surface area contributed by atoms with Crippen LogP contribution in [0.15, 0.2) is 47.4 Å². The van der Waals surface area contributed by atoms with Gasteiger partial charge in [-0.15, -0.1) is 0 Å². The minimum Gasteiger partial charge on any atom is -0.456 e. The summed E-state index contributed by atoms with van der Waals surface area (Å²) in [6.07, 6.45) is 0.394. The molecule has 7 nitrogen and oxygen atoms in total. The minimum absolute atomic E-state index is 0.0439. The van der Waals surface area contributed by atoms with Crippen molar-refractivity contribution >= 4 is 50.8 Å². The van der Waals surface area contributed by atoms with Gasteiger partial charge in [0.15, 0.2) is 6.61 Å². The van der Waals surface area contributed by atoms with Gasteiger partial charge in [0.05, 0.1) is 20.6 Å². The second-order valence-corrected chi connectivity index (χ2v) is 9.29. The van der Waals surface area contributed by atoms with Crippen LogP contribution in [0.1, 0.15) is 25.8 Å². The van der Waals surface area contributed by atoms with Gasteiger partial charge in [-0.25, -0.2) is 8.42 Å². The lowest BCUT2D eigenvalue weighted by Crippen LogP contribution is -2.30. The fourth-order valence-corrected chi connectivity index (χ4v) is 4.75. The summed E-state index contributed by atoms with van der Waals surface area (Å²) in [6.45, 7) is 3.88. The molecule has 1 amide bonds. The molecule has 10 heteroatoms. The Balaban J connectivity index is 1.84. The van der Waals surface area contributed by atoms with Crippen LogP contribution in [-0.2, 0) is 30.8 Å². The summed E-state index contributed by atoms with van der Waals surface area (Å²) in [7, 11) is -3.52. The van der Waals surface area contributed by atoms with Gasteiger partial charge in [0.25, 0.3) is 5.91 Å². The Morgan fingerprint density at radius 3 is 2.13 bits per heavy atom. The van der Waals surface area contributed by atoms with Crippen molar-refractivity contribution in [2.45, 2.75) is 31.6 Å². The Bertz CT molecular complexity index is 1000. The van der Waals surface area contributed by atoms with Crippen molar-refractivity contribution < 1.29 is 22.7 Å². The van der Waals surface area contributed by atoms with Crippen LogP contribution in [0.25, 0.3) is 0 Å². The first kappa shape index (κ1) is 25.1. The molecule has 1 N–H and O–H groups in total. The molecule has 2 aromatic rings. The molecule has 0 bridgehead atoms. The predicted molar refractivity (Wildman–Crippen MR) is 121 cm³/mol. The molecule has 0 aliphatic carbocycles. The molecule has 2 rings (SSSR count). The zero-order valence-corrected chi connectivity index (χ0v) is 19.6. The van der Waals surface area contributed by atoms with Crippen molar-refractivity contribution in [2.24, 2.45) is 0 Å². The van der Waals surface area contributed by atoms with Crippen LogP contribution < -0.4 is 5.32 Å². The maximum absolute atomic E-state index is 12.5. The summed E-state index contributed by atoms with van der Waals surface area (Å²) >= 11 is 12.0. The van der Waals surface area contributed by atoms with Crippen molar-refractivity contribution in [3.05, 3.63) is 58.1 Å². The monoisotopic (exact) mass is 486 g/mol. The first-order valence-corrected chi connectivity index (χ1v) is 11.9.